The van der Waals surface area contributed by atoms with E-state index in [1.807, 2.05) is 0 Å². The average Bonchev–Trinajstić information content (AvgIpc) is 2.13. The minimum atomic E-state index is -0.779. The van der Waals surface area contributed by atoms with E-state index in [1.165, 1.54) is 13.0 Å². The monoisotopic (exact) mass is 257 g/mol. The molecule has 0 aliphatic carbocycles. The van der Waals surface area contributed by atoms with Crippen LogP contribution in [0.2, 0.25) is 0 Å². The van der Waals surface area contributed by atoms with Crippen molar-refractivity contribution in [3.8, 4) is 0 Å². The Hall–Kier alpha value is -1.52. The Morgan fingerprint density at radius 3 is 2.06 bits per heavy atom. The van der Waals surface area contributed by atoms with Gasteiger partial charge in [0.2, 0.25) is 0 Å². The fraction of sp³-hybridized carbons (Fsp3) is 0.692. The Morgan fingerprint density at radius 2 is 1.67 bits per heavy atom. The van der Waals surface area contributed by atoms with Gasteiger partial charge in [-0.1, -0.05) is 6.58 Å². The van der Waals surface area contributed by atoms with Gasteiger partial charge in [-0.3, -0.25) is 0 Å². The molecule has 1 N–H and O–H groups in total. The summed E-state index contributed by atoms with van der Waals surface area (Å²) in [5, 5.41) is 2.41. The highest BCUT2D eigenvalue weighted by Gasteiger charge is 2.26. The molecule has 0 saturated heterocycles. The van der Waals surface area contributed by atoms with Crippen LogP contribution in [-0.4, -0.2) is 29.3 Å². The van der Waals surface area contributed by atoms with Crippen LogP contribution in [0.25, 0.3) is 0 Å². The summed E-state index contributed by atoms with van der Waals surface area (Å²) in [7, 11) is 0. The van der Waals surface area contributed by atoms with Gasteiger partial charge in [0.15, 0.2) is 0 Å². The first kappa shape index (κ1) is 16.5. The van der Waals surface area contributed by atoms with Gasteiger partial charge in [-0.2, -0.15) is 0 Å². The molecule has 0 unspecified atom stereocenters. The molecule has 0 aliphatic heterocycles. The lowest BCUT2D eigenvalue weighted by Gasteiger charge is -2.25. The van der Waals surface area contributed by atoms with Crippen LogP contribution >= 0.6 is 0 Å². The van der Waals surface area contributed by atoms with Gasteiger partial charge in [0, 0.05) is 0 Å². The van der Waals surface area contributed by atoms with Gasteiger partial charge >= 0.3 is 12.1 Å². The molecule has 0 aromatic rings. The normalized spacial score (nSPS) is 13.4. The van der Waals surface area contributed by atoms with Gasteiger partial charge in [-0.25, -0.2) is 9.59 Å². The molecule has 0 aliphatic rings. The largest absolute Gasteiger partial charge is 0.454 e. The van der Waals surface area contributed by atoms with Gasteiger partial charge in [0.05, 0.1) is 0 Å². The van der Waals surface area contributed by atoms with E-state index >= 15 is 0 Å². The van der Waals surface area contributed by atoms with Gasteiger partial charge < -0.3 is 14.8 Å². The number of esters is 1. The summed E-state index contributed by atoms with van der Waals surface area (Å²) in [6.07, 6.45) is 0.869. The maximum absolute atomic E-state index is 11.7. The number of hydrogen-bond donors (Lipinski definition) is 1. The SMILES string of the molecule is C=CC(C)(C)OC(=O)[C@H](C)NC(=O)OC(C)(C)C. The number of hydrogen-bond acceptors (Lipinski definition) is 4. The highest BCUT2D eigenvalue weighted by Crippen LogP contribution is 2.11. The molecule has 5 nitrogen and oxygen atoms in total. The van der Waals surface area contributed by atoms with Crippen LogP contribution < -0.4 is 5.32 Å². The molecule has 0 rings (SSSR count). The van der Waals surface area contributed by atoms with Gasteiger partial charge in [0.25, 0.3) is 0 Å². The zero-order valence-corrected chi connectivity index (χ0v) is 12.0. The predicted octanol–water partition coefficient (Wildman–Crippen LogP) is 2.41. The topological polar surface area (TPSA) is 64.6 Å². The van der Waals surface area contributed by atoms with Crippen LogP contribution in [-0.2, 0) is 14.3 Å². The first-order valence-corrected chi connectivity index (χ1v) is 5.83. The van der Waals surface area contributed by atoms with Crippen LogP contribution in [0.4, 0.5) is 4.79 Å². The van der Waals surface area contributed by atoms with Crippen molar-refractivity contribution in [3.05, 3.63) is 12.7 Å². The molecule has 0 fully saturated rings. The smallest absolute Gasteiger partial charge is 0.408 e. The molecular weight excluding hydrogens is 234 g/mol. The second kappa shape index (κ2) is 5.89. The van der Waals surface area contributed by atoms with Crippen LogP contribution in [0.3, 0.4) is 0 Å². The summed E-state index contributed by atoms with van der Waals surface area (Å²) >= 11 is 0. The molecule has 1 amide bonds. The number of nitrogens with one attached hydrogen (secondary N) is 1. The predicted molar refractivity (Wildman–Crippen MR) is 69.2 cm³/mol. The van der Waals surface area contributed by atoms with Gasteiger partial charge in [-0.05, 0) is 47.6 Å². The molecule has 0 spiro atoms. The summed E-state index contributed by atoms with van der Waals surface area (Å²) in [5.74, 6) is -0.536. The number of carbonyl (C=O) groups is 2. The number of rotatable bonds is 4. The van der Waals surface area contributed by atoms with Crippen molar-refractivity contribution in [2.24, 2.45) is 0 Å². The fourth-order valence-electron chi connectivity index (χ4n) is 0.933. The minimum Gasteiger partial charge on any atom is -0.454 e. The quantitative estimate of drug-likeness (QED) is 0.620. The Kier molecular flexibility index (Phi) is 5.39. The number of alkyl carbamates (subject to hydrolysis) is 1. The lowest BCUT2D eigenvalue weighted by atomic mass is 10.1. The van der Waals surface area contributed by atoms with Crippen molar-refractivity contribution in [1.82, 2.24) is 5.32 Å². The molecular formula is C13H23NO4. The molecule has 0 heterocycles. The molecule has 18 heavy (non-hydrogen) atoms. The van der Waals surface area contributed by atoms with E-state index in [2.05, 4.69) is 11.9 Å². The van der Waals surface area contributed by atoms with Crippen molar-refractivity contribution in [2.75, 3.05) is 0 Å². The highest BCUT2D eigenvalue weighted by molar-refractivity contribution is 5.81. The third-order valence-corrected chi connectivity index (χ3v) is 1.94. The van der Waals surface area contributed by atoms with Gasteiger partial charge in [0.1, 0.15) is 17.2 Å². The van der Waals surface area contributed by atoms with Crippen LogP contribution in [0.1, 0.15) is 41.5 Å². The Labute approximate surface area is 109 Å². The number of amides is 1. The summed E-state index contributed by atoms with van der Waals surface area (Å²) in [6, 6.07) is -0.779. The first-order chi connectivity index (χ1) is 7.97. The fourth-order valence-corrected chi connectivity index (χ4v) is 0.933. The second-order valence-corrected chi connectivity index (χ2v) is 5.60. The van der Waals surface area contributed by atoms with E-state index in [1.54, 1.807) is 34.6 Å². The minimum absolute atomic E-state index is 0.536. The van der Waals surface area contributed by atoms with Crippen molar-refractivity contribution < 1.29 is 19.1 Å². The van der Waals surface area contributed by atoms with E-state index in [0.717, 1.165) is 0 Å². The lowest BCUT2D eigenvalue weighted by Crippen LogP contribution is -2.44. The molecule has 5 heteroatoms. The maximum Gasteiger partial charge on any atom is 0.408 e. The Morgan fingerprint density at radius 1 is 1.17 bits per heavy atom. The maximum atomic E-state index is 11.7. The molecule has 1 atom stereocenters. The number of ether oxygens (including phenoxy) is 2. The van der Waals surface area contributed by atoms with Crippen molar-refractivity contribution in [2.45, 2.75) is 58.8 Å². The van der Waals surface area contributed by atoms with Crippen LogP contribution in [0, 0.1) is 0 Å². The Bertz CT molecular complexity index is 328. The summed E-state index contributed by atoms with van der Waals surface area (Å²) in [4.78, 5) is 23.1. The Balaban J connectivity index is 4.33. The average molecular weight is 257 g/mol. The second-order valence-electron chi connectivity index (χ2n) is 5.60. The molecule has 0 saturated carbocycles. The van der Waals surface area contributed by atoms with Crippen molar-refractivity contribution in [1.29, 1.82) is 0 Å². The molecule has 104 valence electrons. The van der Waals surface area contributed by atoms with E-state index in [4.69, 9.17) is 9.47 Å². The van der Waals surface area contributed by atoms with E-state index in [9.17, 15) is 9.59 Å². The van der Waals surface area contributed by atoms with E-state index in [-0.39, 0.29) is 0 Å². The van der Waals surface area contributed by atoms with Crippen LogP contribution in [0.15, 0.2) is 12.7 Å². The third kappa shape index (κ3) is 6.93. The van der Waals surface area contributed by atoms with Crippen molar-refractivity contribution >= 4 is 12.1 Å². The van der Waals surface area contributed by atoms with E-state index in [0.29, 0.717) is 0 Å². The zero-order valence-electron chi connectivity index (χ0n) is 12.0. The van der Waals surface area contributed by atoms with Crippen LogP contribution in [0.5, 0.6) is 0 Å². The van der Waals surface area contributed by atoms with Crippen molar-refractivity contribution in [3.63, 3.8) is 0 Å². The molecule has 0 aromatic carbocycles. The molecule has 0 bridgehead atoms. The van der Waals surface area contributed by atoms with E-state index < -0.39 is 29.3 Å². The summed E-state index contributed by atoms with van der Waals surface area (Å²) in [5.41, 5.74) is -1.37. The first-order valence-electron chi connectivity index (χ1n) is 5.83. The molecule has 0 radical (unpaired) electrons. The highest BCUT2D eigenvalue weighted by atomic mass is 16.6. The number of carbonyl (C=O) groups excluding carboxylic acids is 2. The molecule has 0 aromatic heterocycles. The zero-order chi connectivity index (χ0) is 14.6. The lowest BCUT2D eigenvalue weighted by molar-refractivity contribution is -0.154. The third-order valence-electron chi connectivity index (χ3n) is 1.94. The van der Waals surface area contributed by atoms with Gasteiger partial charge in [-0.15, -0.1) is 0 Å². The summed E-state index contributed by atoms with van der Waals surface area (Å²) in [6.45, 7) is 13.8. The summed E-state index contributed by atoms with van der Waals surface area (Å²) < 4.78 is 10.2. The standard InChI is InChI=1S/C13H23NO4/c1-8-13(6,7)17-10(15)9(2)14-11(16)18-12(3,4)5/h8-9H,1H2,2-7H3,(H,14,16)/t9-/m0/s1.